The van der Waals surface area contributed by atoms with Crippen molar-refractivity contribution in [3.63, 3.8) is 0 Å². The van der Waals surface area contributed by atoms with Gasteiger partial charge in [-0.25, -0.2) is 32.3 Å². The molecule has 0 saturated carbocycles. The van der Waals surface area contributed by atoms with Gasteiger partial charge in [-0.3, -0.25) is 0 Å². The van der Waals surface area contributed by atoms with Crippen LogP contribution in [-0.2, 0) is 4.74 Å². The molecule has 4 aromatic rings. The van der Waals surface area contributed by atoms with Crippen LogP contribution in [0.2, 0.25) is 0 Å². The Morgan fingerprint density at radius 2 is 1.74 bits per heavy atom. The first-order valence-corrected chi connectivity index (χ1v) is 11.6. The van der Waals surface area contributed by atoms with E-state index in [4.69, 9.17) is 9.84 Å². The van der Waals surface area contributed by atoms with Crippen LogP contribution >= 0.6 is 0 Å². The third kappa shape index (κ3) is 4.87. The van der Waals surface area contributed by atoms with Crippen molar-refractivity contribution in [1.29, 1.82) is 0 Å². The summed E-state index contributed by atoms with van der Waals surface area (Å²) in [6.45, 7) is -0.364. The first-order valence-electron chi connectivity index (χ1n) is 11.6. The minimum atomic E-state index is -1.64. The van der Waals surface area contributed by atoms with Crippen molar-refractivity contribution < 1.29 is 43.1 Å². The summed E-state index contributed by atoms with van der Waals surface area (Å²) in [5.41, 5.74) is 0.272. The molecule has 12 nitrogen and oxygen atoms in total. The molecule has 2 aromatic heterocycles. The van der Waals surface area contributed by atoms with Gasteiger partial charge in [0.1, 0.15) is 36.4 Å². The summed E-state index contributed by atoms with van der Waals surface area (Å²) in [5.74, 6) is -5.51. The molecule has 2 aromatic carbocycles. The predicted molar refractivity (Wildman–Crippen MR) is 124 cm³/mol. The third-order valence-electron chi connectivity index (χ3n) is 6.41. The smallest absolute Gasteiger partial charge is 0.335 e. The lowest BCUT2D eigenvalue weighted by molar-refractivity contribution is -0.205. The lowest BCUT2D eigenvalue weighted by Gasteiger charge is -2.42. The molecule has 0 radical (unpaired) electrons. The molecule has 0 unspecified atom stereocenters. The molecule has 0 aliphatic carbocycles. The number of aliphatic hydroxyl groups excluding tert-OH is 3. The van der Waals surface area contributed by atoms with E-state index in [1.807, 2.05) is 0 Å². The summed E-state index contributed by atoms with van der Waals surface area (Å²) in [6, 6.07) is 5.94. The van der Waals surface area contributed by atoms with Gasteiger partial charge in [-0.15, -0.1) is 5.10 Å². The van der Waals surface area contributed by atoms with E-state index >= 15 is 0 Å². The monoisotopic (exact) mass is 546 g/mol. The molecule has 5 rings (SSSR count). The van der Waals surface area contributed by atoms with E-state index < -0.39 is 53.9 Å². The number of benzene rings is 2. The average molecular weight is 546 g/mol. The molecule has 1 aliphatic heterocycles. The standard InChI is InChI=1S/C24H21F3N6O6/c25-14-7-12(8-15(26)18(14)27)16-9-32(31-30-16)19-20(35)17(5-6-34)39-22(21(19)36)23-28-10-29-33(23)13-3-1-11(2-4-13)24(37)38/h1-4,7-10,17,19-22,34-36H,5-6H2,(H,37,38)/t17-,19+,20+,21-,22-/m1/s1. The molecule has 1 saturated heterocycles. The molecule has 0 amide bonds. The Morgan fingerprint density at radius 3 is 2.38 bits per heavy atom. The summed E-state index contributed by atoms with van der Waals surface area (Å²) in [6.07, 6.45) is -2.78. The van der Waals surface area contributed by atoms with Crippen molar-refractivity contribution in [2.75, 3.05) is 6.61 Å². The maximum Gasteiger partial charge on any atom is 0.335 e. The van der Waals surface area contributed by atoms with Crippen LogP contribution in [0.1, 0.15) is 34.7 Å². The van der Waals surface area contributed by atoms with Crippen LogP contribution in [0.3, 0.4) is 0 Å². The molecule has 4 N–H and O–H groups in total. The minimum Gasteiger partial charge on any atom is -0.478 e. The van der Waals surface area contributed by atoms with Crippen LogP contribution in [0, 0.1) is 17.5 Å². The number of hydrogen-bond acceptors (Lipinski definition) is 9. The minimum absolute atomic E-state index is 0.0295. The number of aliphatic hydroxyl groups is 3. The van der Waals surface area contributed by atoms with Gasteiger partial charge >= 0.3 is 5.97 Å². The number of carboxylic acid groups (broad SMARTS) is 1. The van der Waals surface area contributed by atoms with Crippen LogP contribution < -0.4 is 0 Å². The number of rotatable bonds is 7. The molecule has 3 heterocycles. The Kier molecular flexibility index (Phi) is 7.14. The zero-order chi connectivity index (χ0) is 27.8. The van der Waals surface area contributed by atoms with Gasteiger partial charge in [0.05, 0.1) is 23.6 Å². The summed E-state index contributed by atoms with van der Waals surface area (Å²) >= 11 is 0. The number of ether oxygens (including phenoxy) is 1. The van der Waals surface area contributed by atoms with Crippen LogP contribution in [0.25, 0.3) is 16.9 Å². The fourth-order valence-corrected chi connectivity index (χ4v) is 4.49. The van der Waals surface area contributed by atoms with Crippen LogP contribution in [0.5, 0.6) is 0 Å². The second-order valence-electron chi connectivity index (χ2n) is 8.80. The SMILES string of the molecule is O=C(O)c1ccc(-n2ncnc2[C@@H]2O[C@H](CCO)[C@H](O)[C@H](n3cc(-c4cc(F)c(F)c(F)c4)nn3)[C@H]2O)cc1. The number of halogens is 3. The largest absolute Gasteiger partial charge is 0.478 e. The van der Waals surface area contributed by atoms with Gasteiger partial charge in [0.2, 0.25) is 0 Å². The Bertz CT molecular complexity index is 1470. The Labute approximate surface area is 217 Å². The van der Waals surface area contributed by atoms with Gasteiger partial charge in [-0.2, -0.15) is 5.10 Å². The van der Waals surface area contributed by atoms with Crippen molar-refractivity contribution in [2.24, 2.45) is 0 Å². The zero-order valence-electron chi connectivity index (χ0n) is 19.8. The van der Waals surface area contributed by atoms with E-state index in [-0.39, 0.29) is 35.7 Å². The quantitative estimate of drug-likeness (QED) is 0.249. The highest BCUT2D eigenvalue weighted by molar-refractivity contribution is 5.87. The van der Waals surface area contributed by atoms with Crippen LogP contribution in [0.15, 0.2) is 48.9 Å². The number of aromatic nitrogens is 6. The lowest BCUT2D eigenvalue weighted by atomic mass is 9.90. The second-order valence-corrected chi connectivity index (χ2v) is 8.80. The summed E-state index contributed by atoms with van der Waals surface area (Å²) < 4.78 is 49.3. The van der Waals surface area contributed by atoms with Crippen molar-refractivity contribution in [3.8, 4) is 16.9 Å². The molecule has 1 fully saturated rings. The van der Waals surface area contributed by atoms with Crippen molar-refractivity contribution in [2.45, 2.75) is 36.9 Å². The van der Waals surface area contributed by atoms with Crippen LogP contribution in [-0.4, -0.2) is 81.1 Å². The van der Waals surface area contributed by atoms with Gasteiger partial charge in [0.25, 0.3) is 0 Å². The predicted octanol–water partition coefficient (Wildman–Crippen LogP) is 1.43. The number of carbonyl (C=O) groups is 1. The normalized spacial score (nSPS) is 23.2. The highest BCUT2D eigenvalue weighted by Crippen LogP contribution is 2.39. The van der Waals surface area contributed by atoms with E-state index in [9.17, 15) is 33.3 Å². The fourth-order valence-electron chi connectivity index (χ4n) is 4.49. The summed E-state index contributed by atoms with van der Waals surface area (Å²) in [7, 11) is 0. The van der Waals surface area contributed by atoms with Gasteiger partial charge in [0, 0.05) is 12.2 Å². The molecule has 1 aliphatic rings. The van der Waals surface area contributed by atoms with E-state index in [1.165, 1.54) is 41.5 Å². The highest BCUT2D eigenvalue weighted by atomic mass is 19.2. The molecule has 0 spiro atoms. The highest BCUT2D eigenvalue weighted by Gasteiger charge is 2.48. The van der Waals surface area contributed by atoms with E-state index in [1.54, 1.807) is 0 Å². The Hall–Kier alpha value is -4.18. The maximum absolute atomic E-state index is 13.8. The lowest BCUT2D eigenvalue weighted by Crippen LogP contribution is -2.52. The van der Waals surface area contributed by atoms with Gasteiger partial charge in [-0.1, -0.05) is 5.21 Å². The molecular weight excluding hydrogens is 525 g/mol. The van der Waals surface area contributed by atoms with E-state index in [0.29, 0.717) is 5.69 Å². The van der Waals surface area contributed by atoms with E-state index in [0.717, 1.165) is 16.8 Å². The molecule has 15 heteroatoms. The van der Waals surface area contributed by atoms with Crippen LogP contribution in [0.4, 0.5) is 13.2 Å². The fraction of sp³-hybridized carbons (Fsp3) is 0.292. The summed E-state index contributed by atoms with van der Waals surface area (Å²) in [4.78, 5) is 15.4. The molecule has 39 heavy (non-hydrogen) atoms. The average Bonchev–Trinajstić information content (AvgIpc) is 3.59. The number of hydrogen-bond donors (Lipinski definition) is 4. The van der Waals surface area contributed by atoms with E-state index in [2.05, 4.69) is 20.4 Å². The topological polar surface area (TPSA) is 169 Å². The van der Waals surface area contributed by atoms with Crippen molar-refractivity contribution in [3.05, 3.63) is 77.8 Å². The van der Waals surface area contributed by atoms with Gasteiger partial charge < -0.3 is 25.2 Å². The first kappa shape index (κ1) is 26.4. The second kappa shape index (κ2) is 10.5. The maximum atomic E-state index is 13.8. The Morgan fingerprint density at radius 1 is 1.05 bits per heavy atom. The molecule has 5 atom stereocenters. The van der Waals surface area contributed by atoms with Gasteiger partial charge in [0.15, 0.2) is 23.3 Å². The molecule has 204 valence electrons. The first-order chi connectivity index (χ1) is 18.7. The van der Waals surface area contributed by atoms with Crippen molar-refractivity contribution >= 4 is 5.97 Å². The van der Waals surface area contributed by atoms with Gasteiger partial charge in [-0.05, 0) is 42.8 Å². The zero-order valence-corrected chi connectivity index (χ0v) is 19.8. The Balaban J connectivity index is 1.51. The number of carboxylic acids is 1. The number of nitrogens with zero attached hydrogens (tertiary/aromatic N) is 6. The number of aromatic carboxylic acids is 1. The molecular formula is C24H21F3N6O6. The van der Waals surface area contributed by atoms with Crippen molar-refractivity contribution in [1.82, 2.24) is 29.8 Å². The third-order valence-corrected chi connectivity index (χ3v) is 6.41. The summed E-state index contributed by atoms with van der Waals surface area (Å²) in [5, 5.41) is 53.0. The molecule has 0 bridgehead atoms.